The number of nitrogens with two attached hydrogens (primary N) is 1. The maximum Gasteiger partial charge on any atom is 0.0678 e. The SMILES string of the molecule is CC1CN(CC(C)C(C)N)CC(C)O1. The van der Waals surface area contributed by atoms with Gasteiger partial charge in [-0.2, -0.15) is 0 Å². The monoisotopic (exact) mass is 200 g/mol. The van der Waals surface area contributed by atoms with Crippen LogP contribution in [0.2, 0.25) is 0 Å². The molecule has 84 valence electrons. The van der Waals surface area contributed by atoms with Gasteiger partial charge in [0.25, 0.3) is 0 Å². The quantitative estimate of drug-likeness (QED) is 0.741. The summed E-state index contributed by atoms with van der Waals surface area (Å²) in [5.74, 6) is 0.562. The van der Waals surface area contributed by atoms with Crippen molar-refractivity contribution in [3.63, 3.8) is 0 Å². The molecule has 3 nitrogen and oxygen atoms in total. The number of hydrogen-bond donors (Lipinski definition) is 1. The fourth-order valence-electron chi connectivity index (χ4n) is 2.01. The number of rotatable bonds is 3. The summed E-state index contributed by atoms with van der Waals surface area (Å²) in [5.41, 5.74) is 5.86. The molecule has 1 heterocycles. The van der Waals surface area contributed by atoms with Gasteiger partial charge in [-0.05, 0) is 26.7 Å². The maximum atomic E-state index is 5.86. The Bertz CT molecular complexity index is 163. The van der Waals surface area contributed by atoms with Crippen molar-refractivity contribution in [3.8, 4) is 0 Å². The van der Waals surface area contributed by atoms with E-state index in [1.165, 1.54) is 0 Å². The summed E-state index contributed by atoms with van der Waals surface area (Å²) in [4.78, 5) is 2.47. The second-order valence-corrected chi connectivity index (χ2v) is 4.81. The Hall–Kier alpha value is -0.120. The first-order valence-corrected chi connectivity index (χ1v) is 5.62. The van der Waals surface area contributed by atoms with Crippen LogP contribution in [0.5, 0.6) is 0 Å². The van der Waals surface area contributed by atoms with Crippen molar-refractivity contribution >= 4 is 0 Å². The molecule has 1 rings (SSSR count). The second kappa shape index (κ2) is 5.10. The molecule has 4 unspecified atom stereocenters. The van der Waals surface area contributed by atoms with E-state index in [2.05, 4.69) is 32.6 Å². The predicted octanol–water partition coefficient (Wildman–Crippen LogP) is 1.08. The van der Waals surface area contributed by atoms with E-state index in [-0.39, 0.29) is 6.04 Å². The molecule has 2 N–H and O–H groups in total. The second-order valence-electron chi connectivity index (χ2n) is 4.81. The third-order valence-electron chi connectivity index (χ3n) is 2.94. The van der Waals surface area contributed by atoms with Crippen LogP contribution in [0.1, 0.15) is 27.7 Å². The lowest BCUT2D eigenvalue weighted by atomic mass is 10.0. The largest absolute Gasteiger partial charge is 0.373 e. The molecule has 4 atom stereocenters. The molecule has 1 fully saturated rings. The molecule has 0 aliphatic carbocycles. The highest BCUT2D eigenvalue weighted by Gasteiger charge is 2.23. The molecular weight excluding hydrogens is 176 g/mol. The van der Waals surface area contributed by atoms with Gasteiger partial charge in [0.2, 0.25) is 0 Å². The lowest BCUT2D eigenvalue weighted by Gasteiger charge is -2.37. The van der Waals surface area contributed by atoms with E-state index < -0.39 is 0 Å². The standard InChI is InChI=1S/C11H24N2O/c1-8(11(4)12)5-13-6-9(2)14-10(3)7-13/h8-11H,5-7,12H2,1-4H3. The van der Waals surface area contributed by atoms with Crippen LogP contribution < -0.4 is 5.73 Å². The minimum atomic E-state index is 0.281. The molecule has 0 saturated carbocycles. The highest BCUT2D eigenvalue weighted by molar-refractivity contribution is 4.76. The van der Waals surface area contributed by atoms with Crippen molar-refractivity contribution in [1.29, 1.82) is 0 Å². The van der Waals surface area contributed by atoms with E-state index in [1.54, 1.807) is 0 Å². The van der Waals surface area contributed by atoms with Crippen LogP contribution >= 0.6 is 0 Å². The van der Waals surface area contributed by atoms with Gasteiger partial charge in [0.05, 0.1) is 12.2 Å². The molecule has 0 amide bonds. The first kappa shape index (κ1) is 12.0. The molecular formula is C11H24N2O. The summed E-state index contributed by atoms with van der Waals surface area (Å²) in [6.07, 6.45) is 0.720. The van der Waals surface area contributed by atoms with E-state index in [0.29, 0.717) is 18.1 Å². The number of ether oxygens (including phenoxy) is 1. The smallest absolute Gasteiger partial charge is 0.0678 e. The first-order chi connectivity index (χ1) is 6.49. The van der Waals surface area contributed by atoms with Gasteiger partial charge < -0.3 is 10.5 Å². The van der Waals surface area contributed by atoms with Crippen LogP contribution in [-0.4, -0.2) is 42.8 Å². The van der Waals surface area contributed by atoms with E-state index in [0.717, 1.165) is 19.6 Å². The van der Waals surface area contributed by atoms with Crippen LogP contribution in [0.15, 0.2) is 0 Å². The molecule has 0 radical (unpaired) electrons. The van der Waals surface area contributed by atoms with Crippen LogP contribution in [-0.2, 0) is 4.74 Å². The van der Waals surface area contributed by atoms with Gasteiger partial charge in [0, 0.05) is 25.7 Å². The summed E-state index contributed by atoms with van der Waals surface area (Å²) < 4.78 is 5.69. The molecule has 0 bridgehead atoms. The van der Waals surface area contributed by atoms with Crippen LogP contribution in [0, 0.1) is 5.92 Å². The fraction of sp³-hybridized carbons (Fsp3) is 1.00. The van der Waals surface area contributed by atoms with E-state index in [9.17, 15) is 0 Å². The molecule has 0 aromatic heterocycles. The Balaban J connectivity index is 2.36. The first-order valence-electron chi connectivity index (χ1n) is 5.62. The zero-order valence-corrected chi connectivity index (χ0v) is 9.86. The third-order valence-corrected chi connectivity index (χ3v) is 2.94. The molecule has 1 saturated heterocycles. The summed E-state index contributed by atoms with van der Waals surface area (Å²) in [6, 6.07) is 0.281. The molecule has 0 spiro atoms. The normalized spacial score (nSPS) is 34.1. The lowest BCUT2D eigenvalue weighted by molar-refractivity contribution is -0.0714. The zero-order valence-electron chi connectivity index (χ0n) is 9.86. The van der Waals surface area contributed by atoms with Crippen LogP contribution in [0.25, 0.3) is 0 Å². The minimum Gasteiger partial charge on any atom is -0.373 e. The number of morpholine rings is 1. The van der Waals surface area contributed by atoms with E-state index >= 15 is 0 Å². The van der Waals surface area contributed by atoms with Gasteiger partial charge >= 0.3 is 0 Å². The molecule has 0 aromatic rings. The van der Waals surface area contributed by atoms with Crippen molar-refractivity contribution in [2.45, 2.75) is 45.9 Å². The van der Waals surface area contributed by atoms with Crippen molar-refractivity contribution in [2.24, 2.45) is 11.7 Å². The Labute approximate surface area is 87.6 Å². The van der Waals surface area contributed by atoms with E-state index in [4.69, 9.17) is 10.5 Å². The molecule has 0 aromatic carbocycles. The summed E-state index contributed by atoms with van der Waals surface area (Å²) >= 11 is 0. The molecule has 14 heavy (non-hydrogen) atoms. The van der Waals surface area contributed by atoms with Gasteiger partial charge in [0.15, 0.2) is 0 Å². The predicted molar refractivity (Wildman–Crippen MR) is 59.3 cm³/mol. The number of hydrogen-bond acceptors (Lipinski definition) is 3. The zero-order chi connectivity index (χ0) is 10.7. The average Bonchev–Trinajstić information content (AvgIpc) is 2.01. The Morgan fingerprint density at radius 1 is 1.29 bits per heavy atom. The number of nitrogens with zero attached hydrogens (tertiary/aromatic N) is 1. The van der Waals surface area contributed by atoms with Crippen molar-refractivity contribution < 1.29 is 4.74 Å². The molecule has 3 heteroatoms. The van der Waals surface area contributed by atoms with Crippen molar-refractivity contribution in [3.05, 3.63) is 0 Å². The fourth-order valence-corrected chi connectivity index (χ4v) is 2.01. The summed E-state index contributed by atoms with van der Waals surface area (Å²) in [6.45, 7) is 11.8. The Morgan fingerprint density at radius 3 is 2.21 bits per heavy atom. The summed E-state index contributed by atoms with van der Waals surface area (Å²) in [7, 11) is 0. The Kier molecular flexibility index (Phi) is 4.35. The van der Waals surface area contributed by atoms with Crippen molar-refractivity contribution in [2.75, 3.05) is 19.6 Å². The van der Waals surface area contributed by atoms with Crippen LogP contribution in [0.3, 0.4) is 0 Å². The Morgan fingerprint density at radius 2 is 1.79 bits per heavy atom. The van der Waals surface area contributed by atoms with Crippen LogP contribution in [0.4, 0.5) is 0 Å². The van der Waals surface area contributed by atoms with Gasteiger partial charge in [0.1, 0.15) is 0 Å². The van der Waals surface area contributed by atoms with Gasteiger partial charge in [-0.15, -0.1) is 0 Å². The van der Waals surface area contributed by atoms with Gasteiger partial charge in [-0.3, -0.25) is 4.90 Å². The third kappa shape index (κ3) is 3.56. The molecule has 1 aliphatic heterocycles. The topological polar surface area (TPSA) is 38.5 Å². The highest BCUT2D eigenvalue weighted by Crippen LogP contribution is 2.13. The summed E-state index contributed by atoms with van der Waals surface area (Å²) in [5, 5.41) is 0. The van der Waals surface area contributed by atoms with Gasteiger partial charge in [-0.25, -0.2) is 0 Å². The lowest BCUT2D eigenvalue weighted by Crippen LogP contribution is -2.48. The van der Waals surface area contributed by atoms with Crippen molar-refractivity contribution in [1.82, 2.24) is 4.90 Å². The van der Waals surface area contributed by atoms with Gasteiger partial charge in [-0.1, -0.05) is 6.92 Å². The minimum absolute atomic E-state index is 0.281. The molecule has 1 aliphatic rings. The highest BCUT2D eigenvalue weighted by atomic mass is 16.5. The maximum absolute atomic E-state index is 5.86. The average molecular weight is 200 g/mol. The van der Waals surface area contributed by atoms with E-state index in [1.807, 2.05) is 0 Å².